The number of nitrogens with zero attached hydrogens (tertiary/aromatic N) is 1. The first-order valence-corrected chi connectivity index (χ1v) is 8.66. The van der Waals surface area contributed by atoms with Crippen LogP contribution in [0.3, 0.4) is 0 Å². The molecule has 22 heavy (non-hydrogen) atoms. The van der Waals surface area contributed by atoms with E-state index in [0.29, 0.717) is 5.75 Å². The quantitative estimate of drug-likeness (QED) is 0.762. The molecule has 2 heteroatoms. The Kier molecular flexibility index (Phi) is 4.52. The van der Waals surface area contributed by atoms with E-state index < -0.39 is 0 Å². The van der Waals surface area contributed by atoms with Crippen molar-refractivity contribution in [2.24, 2.45) is 0 Å². The van der Waals surface area contributed by atoms with Crippen LogP contribution in [0.4, 0.5) is 5.69 Å². The number of hydrogen-bond acceptors (Lipinski definition) is 2. The van der Waals surface area contributed by atoms with Gasteiger partial charge in [0.15, 0.2) is 0 Å². The summed E-state index contributed by atoms with van der Waals surface area (Å²) >= 11 is 0. The van der Waals surface area contributed by atoms with Crippen molar-refractivity contribution in [3.8, 4) is 5.75 Å². The number of aromatic hydroxyl groups is 1. The maximum absolute atomic E-state index is 10.9. The molecule has 1 saturated heterocycles. The zero-order valence-electron chi connectivity index (χ0n) is 15.5. The zero-order valence-corrected chi connectivity index (χ0v) is 15.5. The van der Waals surface area contributed by atoms with E-state index in [1.807, 2.05) is 0 Å². The molecule has 1 aliphatic heterocycles. The summed E-state index contributed by atoms with van der Waals surface area (Å²) in [6.45, 7) is 17.6. The molecule has 1 aromatic rings. The van der Waals surface area contributed by atoms with Gasteiger partial charge in [-0.15, -0.1) is 0 Å². The van der Waals surface area contributed by atoms with E-state index in [4.69, 9.17) is 0 Å². The summed E-state index contributed by atoms with van der Waals surface area (Å²) < 4.78 is 0. The number of phenolic OH excluding ortho intramolecular Hbond substituents is 1. The van der Waals surface area contributed by atoms with Crippen LogP contribution in [-0.4, -0.2) is 18.2 Å². The minimum absolute atomic E-state index is 0.0533. The molecule has 0 aromatic heterocycles. The lowest BCUT2D eigenvalue weighted by molar-refractivity contribution is 0.421. The topological polar surface area (TPSA) is 23.5 Å². The second-order valence-corrected chi connectivity index (χ2v) is 8.84. The second-order valence-electron chi connectivity index (χ2n) is 8.84. The highest BCUT2D eigenvalue weighted by atomic mass is 16.3. The van der Waals surface area contributed by atoms with Gasteiger partial charge in [0, 0.05) is 29.9 Å². The maximum Gasteiger partial charge on any atom is 0.123 e. The van der Waals surface area contributed by atoms with Crippen LogP contribution in [0.5, 0.6) is 5.75 Å². The Labute approximate surface area is 136 Å². The number of phenols is 1. The minimum Gasteiger partial charge on any atom is -0.507 e. The van der Waals surface area contributed by atoms with Crippen LogP contribution in [0.15, 0.2) is 6.07 Å². The van der Waals surface area contributed by atoms with Gasteiger partial charge in [0.2, 0.25) is 0 Å². The third-order valence-corrected chi connectivity index (χ3v) is 4.79. The maximum atomic E-state index is 10.9. The van der Waals surface area contributed by atoms with Crippen LogP contribution in [0.2, 0.25) is 0 Å². The van der Waals surface area contributed by atoms with Gasteiger partial charge >= 0.3 is 0 Å². The number of piperidine rings is 1. The number of rotatable bonds is 1. The molecule has 0 spiro atoms. The van der Waals surface area contributed by atoms with Crippen LogP contribution in [0.1, 0.15) is 77.5 Å². The van der Waals surface area contributed by atoms with Crippen molar-refractivity contribution in [3.63, 3.8) is 0 Å². The van der Waals surface area contributed by atoms with Gasteiger partial charge in [0.25, 0.3) is 0 Å². The average Bonchev–Trinajstić information content (AvgIpc) is 2.36. The predicted octanol–water partition coefficient (Wildman–Crippen LogP) is 5.29. The van der Waals surface area contributed by atoms with Gasteiger partial charge in [-0.1, -0.05) is 41.5 Å². The number of anilines is 1. The van der Waals surface area contributed by atoms with Gasteiger partial charge in [-0.05, 0) is 48.6 Å². The highest BCUT2D eigenvalue weighted by molar-refractivity contribution is 5.66. The SMILES string of the molecule is Cc1c(N2CCCCC2)cc(C(C)(C)C)c(O)c1C(C)(C)C. The van der Waals surface area contributed by atoms with Crippen LogP contribution >= 0.6 is 0 Å². The third kappa shape index (κ3) is 3.26. The Hall–Kier alpha value is -1.18. The van der Waals surface area contributed by atoms with E-state index in [-0.39, 0.29) is 10.8 Å². The third-order valence-electron chi connectivity index (χ3n) is 4.79. The van der Waals surface area contributed by atoms with Crippen molar-refractivity contribution < 1.29 is 5.11 Å². The molecule has 1 fully saturated rings. The molecule has 2 rings (SSSR count). The Morgan fingerprint density at radius 2 is 1.45 bits per heavy atom. The van der Waals surface area contributed by atoms with Gasteiger partial charge in [0.1, 0.15) is 5.75 Å². The van der Waals surface area contributed by atoms with E-state index in [2.05, 4.69) is 59.4 Å². The average molecular weight is 303 g/mol. The van der Waals surface area contributed by atoms with Crippen LogP contribution in [0.25, 0.3) is 0 Å². The summed E-state index contributed by atoms with van der Waals surface area (Å²) in [7, 11) is 0. The predicted molar refractivity (Wildman–Crippen MR) is 96.3 cm³/mol. The Morgan fingerprint density at radius 1 is 0.909 bits per heavy atom. The first-order valence-electron chi connectivity index (χ1n) is 8.66. The molecular weight excluding hydrogens is 270 g/mol. The monoisotopic (exact) mass is 303 g/mol. The molecule has 0 atom stereocenters. The highest BCUT2D eigenvalue weighted by Gasteiger charge is 2.30. The van der Waals surface area contributed by atoms with E-state index in [1.165, 1.54) is 30.5 Å². The molecule has 124 valence electrons. The molecule has 1 N–H and O–H groups in total. The summed E-state index contributed by atoms with van der Waals surface area (Å²) in [5.41, 5.74) is 4.65. The molecule has 2 nitrogen and oxygen atoms in total. The van der Waals surface area contributed by atoms with E-state index >= 15 is 0 Å². The van der Waals surface area contributed by atoms with E-state index in [1.54, 1.807) is 0 Å². The van der Waals surface area contributed by atoms with Crippen molar-refractivity contribution in [2.75, 3.05) is 18.0 Å². The summed E-state index contributed by atoms with van der Waals surface area (Å²) in [5.74, 6) is 0.498. The molecule has 0 unspecified atom stereocenters. The van der Waals surface area contributed by atoms with Crippen molar-refractivity contribution >= 4 is 5.69 Å². The lowest BCUT2D eigenvalue weighted by Crippen LogP contribution is -2.31. The standard InChI is InChI=1S/C20H33NO/c1-14-16(21-11-9-8-10-12-21)13-15(19(2,3)4)18(22)17(14)20(5,6)7/h13,22H,8-12H2,1-7H3. The van der Waals surface area contributed by atoms with E-state index in [9.17, 15) is 5.11 Å². The molecule has 1 heterocycles. The lowest BCUT2D eigenvalue weighted by atomic mass is 9.76. The summed E-state index contributed by atoms with van der Waals surface area (Å²) in [4.78, 5) is 2.52. The summed E-state index contributed by atoms with van der Waals surface area (Å²) in [6, 6.07) is 2.24. The van der Waals surface area contributed by atoms with Crippen molar-refractivity contribution in [2.45, 2.75) is 78.6 Å². The molecule has 0 saturated carbocycles. The first kappa shape index (κ1) is 17.2. The zero-order chi connectivity index (χ0) is 16.7. The van der Waals surface area contributed by atoms with Gasteiger partial charge in [-0.3, -0.25) is 0 Å². The van der Waals surface area contributed by atoms with Crippen molar-refractivity contribution in [1.82, 2.24) is 0 Å². The fourth-order valence-corrected chi connectivity index (χ4v) is 3.71. The normalized spacial score (nSPS) is 17.0. The smallest absolute Gasteiger partial charge is 0.123 e. The molecular formula is C20H33NO. The largest absolute Gasteiger partial charge is 0.507 e. The molecule has 1 aromatic carbocycles. The Morgan fingerprint density at radius 3 is 1.91 bits per heavy atom. The molecule has 0 radical (unpaired) electrons. The second kappa shape index (κ2) is 5.79. The van der Waals surface area contributed by atoms with Crippen LogP contribution in [-0.2, 0) is 10.8 Å². The fraction of sp³-hybridized carbons (Fsp3) is 0.700. The summed E-state index contributed by atoms with van der Waals surface area (Å²) in [5, 5.41) is 10.9. The van der Waals surface area contributed by atoms with Crippen molar-refractivity contribution in [1.29, 1.82) is 0 Å². The van der Waals surface area contributed by atoms with Crippen LogP contribution < -0.4 is 4.90 Å². The number of hydrogen-bond donors (Lipinski definition) is 1. The molecule has 1 aliphatic rings. The Balaban J connectivity index is 2.68. The van der Waals surface area contributed by atoms with Gasteiger partial charge in [-0.2, -0.15) is 0 Å². The summed E-state index contributed by atoms with van der Waals surface area (Å²) in [6.07, 6.45) is 3.89. The lowest BCUT2D eigenvalue weighted by Gasteiger charge is -2.36. The Bertz CT molecular complexity index is 540. The first-order chi connectivity index (χ1) is 10.0. The highest BCUT2D eigenvalue weighted by Crippen LogP contribution is 2.45. The number of benzene rings is 1. The fourth-order valence-electron chi connectivity index (χ4n) is 3.71. The van der Waals surface area contributed by atoms with Gasteiger partial charge in [-0.25, -0.2) is 0 Å². The van der Waals surface area contributed by atoms with Crippen molar-refractivity contribution in [3.05, 3.63) is 22.8 Å². The van der Waals surface area contributed by atoms with Crippen LogP contribution in [0, 0.1) is 6.92 Å². The van der Waals surface area contributed by atoms with E-state index in [0.717, 1.165) is 24.2 Å². The van der Waals surface area contributed by atoms with Gasteiger partial charge < -0.3 is 10.0 Å². The van der Waals surface area contributed by atoms with Gasteiger partial charge in [0.05, 0.1) is 0 Å². The molecule has 0 bridgehead atoms. The molecule has 0 amide bonds. The minimum atomic E-state index is -0.0556. The molecule has 0 aliphatic carbocycles.